The predicted octanol–water partition coefficient (Wildman–Crippen LogP) is 7.38. The Hall–Kier alpha value is -3.16. The molecule has 33 heavy (non-hydrogen) atoms. The molecule has 4 rings (SSSR count). The van der Waals surface area contributed by atoms with E-state index < -0.39 is 12.1 Å². The van der Waals surface area contributed by atoms with Gasteiger partial charge < -0.3 is 14.5 Å². The highest BCUT2D eigenvalue weighted by Gasteiger charge is 2.31. The van der Waals surface area contributed by atoms with Gasteiger partial charge in [0, 0.05) is 28.3 Å². The minimum atomic E-state index is -4.80. The van der Waals surface area contributed by atoms with Gasteiger partial charge in [0.1, 0.15) is 11.5 Å². The van der Waals surface area contributed by atoms with Crippen molar-refractivity contribution in [2.45, 2.75) is 13.3 Å². The standard InChI is InChI=1S/C24H16Cl2F3NO3/c1-12-22(23(31)17-10-19(26)21(32-2)11-20(17)30-12)14-5-3-13(4-6-14)16-8-7-15(9-18(16)25)33-24(27,28)29/h3-11H,1-2H3,(H,30,31). The molecule has 0 unspecified atom stereocenters. The van der Waals surface area contributed by atoms with Crippen LogP contribution in [0.25, 0.3) is 33.2 Å². The Morgan fingerprint density at radius 2 is 1.58 bits per heavy atom. The summed E-state index contributed by atoms with van der Waals surface area (Å²) < 4.78 is 46.4. The quantitative estimate of drug-likeness (QED) is 0.322. The lowest BCUT2D eigenvalue weighted by Gasteiger charge is -2.12. The smallest absolute Gasteiger partial charge is 0.495 e. The van der Waals surface area contributed by atoms with Gasteiger partial charge in [-0.2, -0.15) is 0 Å². The lowest BCUT2D eigenvalue weighted by atomic mass is 9.98. The second-order valence-electron chi connectivity index (χ2n) is 7.25. The second kappa shape index (κ2) is 8.65. The van der Waals surface area contributed by atoms with E-state index in [4.69, 9.17) is 27.9 Å². The van der Waals surface area contributed by atoms with Gasteiger partial charge in [-0.15, -0.1) is 13.2 Å². The number of aromatic amines is 1. The summed E-state index contributed by atoms with van der Waals surface area (Å²) in [5.41, 5.74) is 3.43. The van der Waals surface area contributed by atoms with Crippen molar-refractivity contribution < 1.29 is 22.6 Å². The van der Waals surface area contributed by atoms with Gasteiger partial charge in [0.05, 0.1) is 22.7 Å². The van der Waals surface area contributed by atoms with Gasteiger partial charge in [-0.3, -0.25) is 4.79 Å². The van der Waals surface area contributed by atoms with Crippen LogP contribution in [0.5, 0.6) is 11.5 Å². The lowest BCUT2D eigenvalue weighted by Crippen LogP contribution is -2.17. The molecule has 3 aromatic carbocycles. The lowest BCUT2D eigenvalue weighted by molar-refractivity contribution is -0.274. The van der Waals surface area contributed by atoms with E-state index in [-0.39, 0.29) is 10.5 Å². The summed E-state index contributed by atoms with van der Waals surface area (Å²) >= 11 is 12.4. The molecule has 0 aliphatic heterocycles. The third-order valence-electron chi connectivity index (χ3n) is 5.12. The molecule has 1 aromatic heterocycles. The highest BCUT2D eigenvalue weighted by Crippen LogP contribution is 2.35. The fourth-order valence-corrected chi connectivity index (χ4v) is 4.18. The van der Waals surface area contributed by atoms with Gasteiger partial charge in [0.15, 0.2) is 5.43 Å². The maximum Gasteiger partial charge on any atom is 0.573 e. The maximum absolute atomic E-state index is 13.2. The summed E-state index contributed by atoms with van der Waals surface area (Å²) in [4.78, 5) is 16.4. The summed E-state index contributed by atoms with van der Waals surface area (Å²) in [6.07, 6.45) is -4.80. The summed E-state index contributed by atoms with van der Waals surface area (Å²) in [5, 5.41) is 0.856. The first-order valence-corrected chi connectivity index (χ1v) is 10.4. The maximum atomic E-state index is 13.2. The number of H-pyrrole nitrogens is 1. The highest BCUT2D eigenvalue weighted by atomic mass is 35.5. The Morgan fingerprint density at radius 3 is 2.18 bits per heavy atom. The molecule has 4 aromatic rings. The first-order chi connectivity index (χ1) is 15.6. The molecule has 0 aliphatic rings. The molecule has 0 bridgehead atoms. The van der Waals surface area contributed by atoms with Crippen LogP contribution < -0.4 is 14.9 Å². The van der Waals surface area contributed by atoms with E-state index in [1.807, 2.05) is 0 Å². The number of hydrogen-bond donors (Lipinski definition) is 1. The van der Waals surface area contributed by atoms with Crippen LogP contribution in [0.2, 0.25) is 10.0 Å². The Bertz CT molecular complexity index is 1410. The molecule has 9 heteroatoms. The van der Waals surface area contributed by atoms with Gasteiger partial charge in [0.2, 0.25) is 0 Å². The zero-order chi connectivity index (χ0) is 23.9. The van der Waals surface area contributed by atoms with Crippen molar-refractivity contribution in [1.82, 2.24) is 4.98 Å². The number of fused-ring (bicyclic) bond motifs is 1. The number of hydrogen-bond acceptors (Lipinski definition) is 3. The number of aryl methyl sites for hydroxylation is 1. The Balaban J connectivity index is 1.72. The first-order valence-electron chi connectivity index (χ1n) is 9.63. The van der Waals surface area contributed by atoms with Crippen molar-refractivity contribution in [3.05, 3.63) is 80.6 Å². The molecule has 0 fully saturated rings. The van der Waals surface area contributed by atoms with E-state index in [0.717, 1.165) is 6.07 Å². The number of pyridine rings is 1. The first kappa shape index (κ1) is 23.0. The zero-order valence-corrected chi connectivity index (χ0v) is 18.8. The van der Waals surface area contributed by atoms with Crippen molar-refractivity contribution in [3.8, 4) is 33.8 Å². The average Bonchev–Trinajstić information content (AvgIpc) is 2.74. The van der Waals surface area contributed by atoms with Crippen molar-refractivity contribution in [2.24, 2.45) is 0 Å². The Kier molecular flexibility index (Phi) is 6.03. The molecular formula is C24H16Cl2F3NO3. The van der Waals surface area contributed by atoms with Gasteiger partial charge >= 0.3 is 6.36 Å². The van der Waals surface area contributed by atoms with E-state index in [1.54, 1.807) is 43.3 Å². The minimum Gasteiger partial charge on any atom is -0.495 e. The third-order valence-corrected chi connectivity index (χ3v) is 5.73. The molecule has 0 atom stereocenters. The van der Waals surface area contributed by atoms with Crippen LogP contribution in [-0.4, -0.2) is 18.5 Å². The molecule has 0 amide bonds. The molecule has 170 valence electrons. The molecule has 1 heterocycles. The third kappa shape index (κ3) is 4.65. The van der Waals surface area contributed by atoms with Gasteiger partial charge in [-0.05, 0) is 42.3 Å². The van der Waals surface area contributed by atoms with Gasteiger partial charge in [0.25, 0.3) is 0 Å². The number of nitrogens with one attached hydrogen (secondary N) is 1. The van der Waals surface area contributed by atoms with Crippen LogP contribution in [-0.2, 0) is 0 Å². The molecule has 4 nitrogen and oxygen atoms in total. The normalized spacial score (nSPS) is 11.6. The molecule has 0 spiro atoms. The second-order valence-corrected chi connectivity index (χ2v) is 8.07. The van der Waals surface area contributed by atoms with E-state index >= 15 is 0 Å². The van der Waals surface area contributed by atoms with Crippen LogP contribution in [0.15, 0.2) is 59.4 Å². The summed E-state index contributed by atoms with van der Waals surface area (Å²) in [6, 6.07) is 14.0. The number of rotatable bonds is 4. The Labute approximate surface area is 196 Å². The molecule has 0 aliphatic carbocycles. The van der Waals surface area contributed by atoms with Gasteiger partial charge in [-0.25, -0.2) is 0 Å². The molecule has 0 saturated carbocycles. The number of ether oxygens (including phenoxy) is 2. The SMILES string of the molecule is COc1cc2[nH]c(C)c(-c3ccc(-c4ccc(OC(F)(F)F)cc4Cl)cc3)c(=O)c2cc1Cl. The predicted molar refractivity (Wildman–Crippen MR) is 123 cm³/mol. The number of benzene rings is 3. The van der Waals surface area contributed by atoms with Crippen LogP contribution in [0.3, 0.4) is 0 Å². The monoisotopic (exact) mass is 493 g/mol. The van der Waals surface area contributed by atoms with Gasteiger partial charge in [-0.1, -0.05) is 47.5 Å². The molecule has 0 radical (unpaired) electrons. The topological polar surface area (TPSA) is 51.3 Å². The van der Waals surface area contributed by atoms with E-state index in [9.17, 15) is 18.0 Å². The molecule has 1 N–H and O–H groups in total. The van der Waals surface area contributed by atoms with Crippen molar-refractivity contribution in [3.63, 3.8) is 0 Å². The number of aromatic nitrogens is 1. The summed E-state index contributed by atoms with van der Waals surface area (Å²) in [6.45, 7) is 1.79. The van der Waals surface area contributed by atoms with Crippen LogP contribution in [0, 0.1) is 6.92 Å². The number of alkyl halides is 3. The highest BCUT2D eigenvalue weighted by molar-refractivity contribution is 6.33. The van der Waals surface area contributed by atoms with E-state index in [2.05, 4.69) is 9.72 Å². The fraction of sp³-hybridized carbons (Fsp3) is 0.125. The van der Waals surface area contributed by atoms with Crippen LogP contribution >= 0.6 is 23.2 Å². The number of methoxy groups -OCH3 is 1. The van der Waals surface area contributed by atoms with Crippen molar-refractivity contribution in [1.29, 1.82) is 0 Å². The number of halogens is 5. The van der Waals surface area contributed by atoms with Crippen LogP contribution in [0.1, 0.15) is 5.69 Å². The minimum absolute atomic E-state index is 0.104. The Morgan fingerprint density at radius 1 is 0.909 bits per heavy atom. The fourth-order valence-electron chi connectivity index (χ4n) is 3.66. The van der Waals surface area contributed by atoms with E-state index in [1.165, 1.54) is 19.2 Å². The molecule has 0 saturated heterocycles. The largest absolute Gasteiger partial charge is 0.573 e. The van der Waals surface area contributed by atoms with Crippen molar-refractivity contribution >= 4 is 34.1 Å². The summed E-state index contributed by atoms with van der Waals surface area (Å²) in [5.74, 6) is 0.0568. The summed E-state index contributed by atoms with van der Waals surface area (Å²) in [7, 11) is 1.50. The van der Waals surface area contributed by atoms with Crippen LogP contribution in [0.4, 0.5) is 13.2 Å². The van der Waals surface area contributed by atoms with Crippen molar-refractivity contribution in [2.75, 3.05) is 7.11 Å². The van der Waals surface area contributed by atoms with E-state index in [0.29, 0.717) is 49.6 Å². The zero-order valence-electron chi connectivity index (χ0n) is 17.3. The molecular weight excluding hydrogens is 478 g/mol. The average molecular weight is 494 g/mol.